The van der Waals surface area contributed by atoms with Crippen LogP contribution in [0.15, 0.2) is 29.2 Å². The molecule has 0 radical (unpaired) electrons. The highest BCUT2D eigenvalue weighted by Gasteiger charge is 2.26. The summed E-state index contributed by atoms with van der Waals surface area (Å²) in [6.45, 7) is 0.804. The van der Waals surface area contributed by atoms with Gasteiger partial charge in [-0.15, -0.1) is 11.8 Å². The van der Waals surface area contributed by atoms with E-state index < -0.39 is 12.6 Å². The first-order valence-electron chi connectivity index (χ1n) is 6.05. The Hall–Kier alpha value is -0.680. The third kappa shape index (κ3) is 5.31. The van der Waals surface area contributed by atoms with Crippen LogP contribution in [0.4, 0.5) is 13.2 Å². The lowest BCUT2D eigenvalue weighted by molar-refractivity contribution is -0.129. The number of nitrogens with one attached hydrogen (secondary N) is 1. The Bertz CT molecular complexity index is 388. The first kappa shape index (κ1) is 13.7. The summed E-state index contributed by atoms with van der Waals surface area (Å²) >= 11 is 1.26. The zero-order valence-corrected chi connectivity index (χ0v) is 10.8. The Balaban J connectivity index is 1.78. The number of thioether (sulfide) groups is 1. The second kappa shape index (κ2) is 5.97. The van der Waals surface area contributed by atoms with E-state index in [1.165, 1.54) is 24.6 Å². The molecule has 18 heavy (non-hydrogen) atoms. The standard InChI is InChI=1S/C13H16F3NS/c14-13(15,16)6-7-18-12-3-1-2-10(8-12)9-17-11-4-5-11/h1-3,8,11,17H,4-7,9H2. The molecule has 0 atom stereocenters. The predicted octanol–water partition coefficient (Wildman–Crippen LogP) is 3.98. The van der Waals surface area contributed by atoms with Gasteiger partial charge in [-0.2, -0.15) is 13.2 Å². The van der Waals surface area contributed by atoms with Gasteiger partial charge < -0.3 is 5.32 Å². The van der Waals surface area contributed by atoms with Crippen LogP contribution in [-0.4, -0.2) is 18.0 Å². The number of hydrogen-bond donors (Lipinski definition) is 1. The Morgan fingerprint density at radius 2 is 2.06 bits per heavy atom. The van der Waals surface area contributed by atoms with E-state index in [1.54, 1.807) is 0 Å². The van der Waals surface area contributed by atoms with Crippen molar-refractivity contribution in [2.75, 3.05) is 5.75 Å². The van der Waals surface area contributed by atoms with Crippen molar-refractivity contribution in [3.05, 3.63) is 29.8 Å². The normalized spacial score (nSPS) is 15.9. The van der Waals surface area contributed by atoms with Gasteiger partial charge in [0.2, 0.25) is 0 Å². The summed E-state index contributed by atoms with van der Waals surface area (Å²) < 4.78 is 36.1. The first-order chi connectivity index (χ1) is 8.53. The van der Waals surface area contributed by atoms with Crippen LogP contribution in [0.1, 0.15) is 24.8 Å². The molecule has 0 saturated heterocycles. The first-order valence-corrected chi connectivity index (χ1v) is 7.03. The fourth-order valence-corrected chi connectivity index (χ4v) is 2.56. The van der Waals surface area contributed by atoms with Gasteiger partial charge >= 0.3 is 6.18 Å². The molecule has 2 rings (SSSR count). The van der Waals surface area contributed by atoms with Crippen molar-refractivity contribution < 1.29 is 13.2 Å². The molecule has 1 fully saturated rings. The quantitative estimate of drug-likeness (QED) is 0.788. The summed E-state index contributed by atoms with van der Waals surface area (Å²) in [7, 11) is 0. The van der Waals surface area contributed by atoms with E-state index in [2.05, 4.69) is 5.32 Å². The highest BCUT2D eigenvalue weighted by atomic mass is 32.2. The molecule has 0 unspecified atom stereocenters. The molecule has 1 nitrogen and oxygen atoms in total. The van der Waals surface area contributed by atoms with Gasteiger partial charge in [0.05, 0.1) is 6.42 Å². The zero-order chi connectivity index (χ0) is 13.0. The van der Waals surface area contributed by atoms with Crippen molar-refractivity contribution in [3.8, 4) is 0 Å². The fraction of sp³-hybridized carbons (Fsp3) is 0.538. The molecule has 1 aliphatic carbocycles. The van der Waals surface area contributed by atoms with Crippen LogP contribution in [0, 0.1) is 0 Å². The van der Waals surface area contributed by atoms with Crippen LogP contribution in [-0.2, 0) is 6.54 Å². The minimum atomic E-state index is -4.06. The van der Waals surface area contributed by atoms with Crippen LogP contribution in [0.3, 0.4) is 0 Å². The summed E-state index contributed by atoms with van der Waals surface area (Å²) in [6.07, 6.45) is -2.32. The van der Waals surface area contributed by atoms with Gasteiger partial charge in [-0.05, 0) is 30.5 Å². The van der Waals surface area contributed by atoms with Crippen molar-refractivity contribution in [1.29, 1.82) is 0 Å². The number of alkyl halides is 3. The molecular weight excluding hydrogens is 259 g/mol. The van der Waals surface area contributed by atoms with Gasteiger partial charge in [-0.1, -0.05) is 12.1 Å². The third-order valence-electron chi connectivity index (χ3n) is 2.72. The summed E-state index contributed by atoms with van der Waals surface area (Å²) in [4.78, 5) is 0.911. The molecule has 0 spiro atoms. The Kier molecular flexibility index (Phi) is 4.56. The fourth-order valence-electron chi connectivity index (χ4n) is 1.58. The van der Waals surface area contributed by atoms with E-state index in [4.69, 9.17) is 0 Å². The molecule has 1 aliphatic rings. The lowest BCUT2D eigenvalue weighted by Gasteiger charge is -2.07. The van der Waals surface area contributed by atoms with Crippen LogP contribution < -0.4 is 5.32 Å². The smallest absolute Gasteiger partial charge is 0.310 e. The molecule has 1 aromatic carbocycles. The van der Waals surface area contributed by atoms with Crippen molar-refractivity contribution in [2.45, 2.75) is 42.9 Å². The Morgan fingerprint density at radius 3 is 2.72 bits per heavy atom. The zero-order valence-electron chi connectivity index (χ0n) is 9.96. The minimum absolute atomic E-state index is 0.0863. The maximum Gasteiger partial charge on any atom is 0.389 e. The van der Waals surface area contributed by atoms with Gasteiger partial charge in [0.25, 0.3) is 0 Å². The van der Waals surface area contributed by atoms with Crippen molar-refractivity contribution in [1.82, 2.24) is 5.32 Å². The van der Waals surface area contributed by atoms with Crippen LogP contribution in [0.25, 0.3) is 0 Å². The largest absolute Gasteiger partial charge is 0.389 e. The maximum atomic E-state index is 12.0. The molecule has 0 heterocycles. The second-order valence-corrected chi connectivity index (χ2v) is 5.68. The van der Waals surface area contributed by atoms with E-state index in [0.717, 1.165) is 17.0 Å². The molecule has 1 aromatic rings. The topological polar surface area (TPSA) is 12.0 Å². The summed E-state index contributed by atoms with van der Waals surface area (Å²) in [5, 5.41) is 3.39. The van der Waals surface area contributed by atoms with E-state index in [9.17, 15) is 13.2 Å². The molecular formula is C13H16F3NS. The minimum Gasteiger partial charge on any atom is -0.310 e. The lowest BCUT2D eigenvalue weighted by atomic mass is 10.2. The van der Waals surface area contributed by atoms with Gasteiger partial charge in [-0.3, -0.25) is 0 Å². The van der Waals surface area contributed by atoms with Gasteiger partial charge in [0.1, 0.15) is 0 Å². The molecule has 100 valence electrons. The van der Waals surface area contributed by atoms with E-state index in [1.807, 2.05) is 24.3 Å². The Morgan fingerprint density at radius 1 is 1.28 bits per heavy atom. The summed E-state index contributed by atoms with van der Waals surface area (Å²) in [5.74, 6) is 0.0863. The third-order valence-corrected chi connectivity index (χ3v) is 3.72. The Labute approximate surface area is 109 Å². The molecule has 5 heteroatoms. The number of hydrogen-bond acceptors (Lipinski definition) is 2. The van der Waals surface area contributed by atoms with Crippen LogP contribution in [0.5, 0.6) is 0 Å². The van der Waals surface area contributed by atoms with Gasteiger partial charge in [-0.25, -0.2) is 0 Å². The predicted molar refractivity (Wildman–Crippen MR) is 67.7 cm³/mol. The molecule has 1 saturated carbocycles. The van der Waals surface area contributed by atoms with Crippen LogP contribution >= 0.6 is 11.8 Å². The molecule has 1 N–H and O–H groups in total. The maximum absolute atomic E-state index is 12.0. The summed E-state index contributed by atoms with van der Waals surface area (Å²) in [6, 6.07) is 8.38. The molecule has 0 amide bonds. The number of benzene rings is 1. The highest BCUT2D eigenvalue weighted by molar-refractivity contribution is 7.99. The van der Waals surface area contributed by atoms with Crippen LogP contribution in [0.2, 0.25) is 0 Å². The van der Waals surface area contributed by atoms with Crippen molar-refractivity contribution in [2.24, 2.45) is 0 Å². The van der Waals surface area contributed by atoms with Gasteiger partial charge in [0.15, 0.2) is 0 Å². The SMILES string of the molecule is FC(F)(F)CCSc1cccc(CNC2CC2)c1. The second-order valence-electron chi connectivity index (χ2n) is 4.52. The van der Waals surface area contributed by atoms with Gasteiger partial charge in [0, 0.05) is 23.2 Å². The van der Waals surface area contributed by atoms with Crippen molar-refractivity contribution in [3.63, 3.8) is 0 Å². The van der Waals surface area contributed by atoms with E-state index in [-0.39, 0.29) is 5.75 Å². The highest BCUT2D eigenvalue weighted by Crippen LogP contribution is 2.26. The average Bonchev–Trinajstić information content (AvgIpc) is 3.09. The molecule has 0 aromatic heterocycles. The van der Waals surface area contributed by atoms with Crippen molar-refractivity contribution >= 4 is 11.8 Å². The molecule has 0 bridgehead atoms. The average molecular weight is 275 g/mol. The lowest BCUT2D eigenvalue weighted by Crippen LogP contribution is -2.15. The van der Waals surface area contributed by atoms with E-state index in [0.29, 0.717) is 6.04 Å². The summed E-state index contributed by atoms with van der Waals surface area (Å²) in [5.41, 5.74) is 1.14. The number of rotatable bonds is 6. The number of halogens is 3. The van der Waals surface area contributed by atoms with E-state index >= 15 is 0 Å². The molecule has 0 aliphatic heterocycles. The monoisotopic (exact) mass is 275 g/mol.